The van der Waals surface area contributed by atoms with Crippen LogP contribution in [0.4, 0.5) is 0 Å². The summed E-state index contributed by atoms with van der Waals surface area (Å²) in [7, 11) is 3.21. The van der Waals surface area contributed by atoms with Crippen LogP contribution in [0.5, 0.6) is 11.5 Å². The Morgan fingerprint density at radius 3 is 2.53 bits per heavy atom. The Bertz CT molecular complexity index is 1200. The predicted octanol–water partition coefficient (Wildman–Crippen LogP) is 3.80. The molecule has 0 radical (unpaired) electrons. The van der Waals surface area contributed by atoms with Gasteiger partial charge in [0.2, 0.25) is 11.7 Å². The van der Waals surface area contributed by atoms with Gasteiger partial charge in [0, 0.05) is 17.2 Å². The fraction of sp³-hybridized carbons (Fsp3) is 0.143. The fourth-order valence-electron chi connectivity index (χ4n) is 2.74. The van der Waals surface area contributed by atoms with Crippen LogP contribution in [0.2, 0.25) is 0 Å². The maximum atomic E-state index is 12.1. The third kappa shape index (κ3) is 4.52. The van der Waals surface area contributed by atoms with Gasteiger partial charge in [-0.2, -0.15) is 4.98 Å². The molecule has 0 amide bonds. The molecule has 0 bridgehead atoms. The summed E-state index contributed by atoms with van der Waals surface area (Å²) >= 11 is 1.31. The highest BCUT2D eigenvalue weighted by Gasteiger charge is 2.11. The molecule has 0 unspecified atom stereocenters. The monoisotopic (exact) mass is 422 g/mol. The lowest BCUT2D eigenvalue weighted by Gasteiger charge is -2.04. The van der Waals surface area contributed by atoms with Gasteiger partial charge in [0.15, 0.2) is 5.16 Å². The number of H-pyrrole nitrogens is 1. The van der Waals surface area contributed by atoms with E-state index in [1.807, 2.05) is 48.5 Å². The molecule has 4 aromatic rings. The Hall–Kier alpha value is -3.59. The van der Waals surface area contributed by atoms with Crippen molar-refractivity contribution in [3.8, 4) is 34.1 Å². The Kier molecular flexibility index (Phi) is 5.80. The first-order chi connectivity index (χ1) is 14.6. The molecule has 2 aromatic heterocycles. The first-order valence-corrected chi connectivity index (χ1v) is 9.99. The van der Waals surface area contributed by atoms with Gasteiger partial charge < -0.3 is 19.0 Å². The predicted molar refractivity (Wildman–Crippen MR) is 113 cm³/mol. The van der Waals surface area contributed by atoms with E-state index in [-0.39, 0.29) is 5.56 Å². The number of aromatic amines is 1. The smallest absolute Gasteiger partial charge is 0.252 e. The van der Waals surface area contributed by atoms with Gasteiger partial charge in [-0.05, 0) is 36.4 Å². The lowest BCUT2D eigenvalue weighted by Crippen LogP contribution is -2.08. The molecule has 2 heterocycles. The van der Waals surface area contributed by atoms with Gasteiger partial charge in [0.05, 0.1) is 25.7 Å². The summed E-state index contributed by atoms with van der Waals surface area (Å²) < 4.78 is 15.7. The molecule has 0 aliphatic heterocycles. The number of nitrogens with zero attached hydrogens (tertiary/aromatic N) is 3. The second-order valence-corrected chi connectivity index (χ2v) is 7.16. The summed E-state index contributed by atoms with van der Waals surface area (Å²) in [5.74, 6) is 2.71. The number of methoxy groups -OCH3 is 2. The zero-order chi connectivity index (χ0) is 20.9. The summed E-state index contributed by atoms with van der Waals surface area (Å²) in [6.45, 7) is 0. The number of hydrogen-bond acceptors (Lipinski definition) is 8. The number of ether oxygens (including phenoxy) is 2. The summed E-state index contributed by atoms with van der Waals surface area (Å²) in [5, 5.41) is 4.48. The van der Waals surface area contributed by atoms with Gasteiger partial charge in [0.1, 0.15) is 11.5 Å². The van der Waals surface area contributed by atoms with Gasteiger partial charge in [-0.25, -0.2) is 4.98 Å². The molecular weight excluding hydrogens is 404 g/mol. The molecule has 9 heteroatoms. The number of rotatable bonds is 7. The van der Waals surface area contributed by atoms with Crippen LogP contribution < -0.4 is 15.0 Å². The van der Waals surface area contributed by atoms with E-state index >= 15 is 0 Å². The molecule has 0 saturated carbocycles. The largest absolute Gasteiger partial charge is 0.497 e. The Morgan fingerprint density at radius 2 is 1.77 bits per heavy atom. The molecule has 0 aliphatic carbocycles. The van der Waals surface area contributed by atoms with E-state index < -0.39 is 0 Å². The maximum Gasteiger partial charge on any atom is 0.252 e. The fourth-order valence-corrected chi connectivity index (χ4v) is 3.45. The topological polar surface area (TPSA) is 103 Å². The number of nitrogens with one attached hydrogen (secondary N) is 1. The molecule has 1 N–H and O–H groups in total. The quantitative estimate of drug-likeness (QED) is 0.354. The van der Waals surface area contributed by atoms with Crippen molar-refractivity contribution in [2.75, 3.05) is 14.2 Å². The van der Waals surface area contributed by atoms with Crippen molar-refractivity contribution < 1.29 is 14.0 Å². The average Bonchev–Trinajstić information content (AvgIpc) is 3.27. The van der Waals surface area contributed by atoms with Crippen LogP contribution in [0.3, 0.4) is 0 Å². The summed E-state index contributed by atoms with van der Waals surface area (Å²) in [6.07, 6.45) is 0. The van der Waals surface area contributed by atoms with Crippen molar-refractivity contribution in [1.29, 1.82) is 0 Å². The van der Waals surface area contributed by atoms with Gasteiger partial charge in [0.25, 0.3) is 5.56 Å². The molecule has 0 saturated heterocycles. The van der Waals surface area contributed by atoms with Crippen molar-refractivity contribution in [3.05, 3.63) is 70.8 Å². The highest BCUT2D eigenvalue weighted by molar-refractivity contribution is 7.98. The minimum absolute atomic E-state index is 0.235. The van der Waals surface area contributed by atoms with Crippen molar-refractivity contribution in [3.63, 3.8) is 0 Å². The highest BCUT2D eigenvalue weighted by atomic mass is 32.2. The zero-order valence-electron chi connectivity index (χ0n) is 16.3. The molecule has 4 rings (SSSR count). The second-order valence-electron chi connectivity index (χ2n) is 6.20. The van der Waals surface area contributed by atoms with Crippen molar-refractivity contribution in [1.82, 2.24) is 20.1 Å². The van der Waals surface area contributed by atoms with Gasteiger partial charge in [-0.1, -0.05) is 29.1 Å². The molecule has 2 aromatic carbocycles. The molecule has 0 spiro atoms. The lowest BCUT2D eigenvalue weighted by molar-refractivity contribution is 0.391. The SMILES string of the molecule is COc1ccc(-c2cc(=O)[nH]c(SCc3nc(-c4cccc(OC)c4)no3)n2)cc1. The van der Waals surface area contributed by atoms with Crippen LogP contribution in [-0.2, 0) is 5.75 Å². The Labute approximate surface area is 176 Å². The number of benzene rings is 2. The third-order valence-corrected chi connectivity index (χ3v) is 5.09. The van der Waals surface area contributed by atoms with Crippen LogP contribution in [0.1, 0.15) is 5.89 Å². The molecule has 0 aliphatic rings. The van der Waals surface area contributed by atoms with Crippen LogP contribution in [-0.4, -0.2) is 34.3 Å². The van der Waals surface area contributed by atoms with Gasteiger partial charge >= 0.3 is 0 Å². The molecule has 0 atom stereocenters. The first-order valence-electron chi connectivity index (χ1n) is 9.00. The maximum absolute atomic E-state index is 12.1. The molecule has 8 nitrogen and oxygen atoms in total. The number of hydrogen-bond donors (Lipinski definition) is 1. The van der Waals surface area contributed by atoms with Gasteiger partial charge in [-0.3, -0.25) is 4.79 Å². The second kappa shape index (κ2) is 8.83. The molecule has 152 valence electrons. The van der Waals surface area contributed by atoms with Crippen LogP contribution in [0.15, 0.2) is 69.1 Å². The van der Waals surface area contributed by atoms with E-state index in [4.69, 9.17) is 14.0 Å². The van der Waals surface area contributed by atoms with E-state index in [1.54, 1.807) is 14.2 Å². The molecule has 30 heavy (non-hydrogen) atoms. The Balaban J connectivity index is 1.49. The normalized spacial score (nSPS) is 10.7. The summed E-state index contributed by atoms with van der Waals surface area (Å²) in [6, 6.07) is 16.2. The zero-order valence-corrected chi connectivity index (χ0v) is 17.1. The van der Waals surface area contributed by atoms with E-state index in [2.05, 4.69) is 20.1 Å². The van der Waals surface area contributed by atoms with E-state index in [0.717, 1.165) is 16.9 Å². The van der Waals surface area contributed by atoms with Gasteiger partial charge in [-0.15, -0.1) is 0 Å². The van der Waals surface area contributed by atoms with E-state index in [9.17, 15) is 4.79 Å². The number of aromatic nitrogens is 4. The van der Waals surface area contributed by atoms with Crippen molar-refractivity contribution in [2.24, 2.45) is 0 Å². The average molecular weight is 422 g/mol. The van der Waals surface area contributed by atoms with E-state index in [1.165, 1.54) is 17.8 Å². The standard InChI is InChI=1S/C21H18N4O4S/c1-27-15-8-6-13(7-9-15)17-11-18(26)23-21(22-17)30-12-19-24-20(25-29-19)14-4-3-5-16(10-14)28-2/h3-11H,12H2,1-2H3,(H,22,23,26). The summed E-state index contributed by atoms with van der Waals surface area (Å²) in [5.41, 5.74) is 1.96. The third-order valence-electron chi connectivity index (χ3n) is 4.23. The lowest BCUT2D eigenvalue weighted by atomic mass is 10.1. The Morgan fingerprint density at radius 1 is 0.967 bits per heavy atom. The molecule has 0 fully saturated rings. The van der Waals surface area contributed by atoms with Crippen LogP contribution in [0.25, 0.3) is 22.6 Å². The summed E-state index contributed by atoms with van der Waals surface area (Å²) in [4.78, 5) is 23.7. The minimum Gasteiger partial charge on any atom is -0.497 e. The number of thioether (sulfide) groups is 1. The molecular formula is C21H18N4O4S. The first kappa shape index (κ1) is 19.7. The van der Waals surface area contributed by atoms with Crippen molar-refractivity contribution >= 4 is 11.8 Å². The minimum atomic E-state index is -0.235. The van der Waals surface area contributed by atoms with Crippen LogP contribution in [0, 0.1) is 0 Å². The van der Waals surface area contributed by atoms with Crippen LogP contribution >= 0.6 is 11.8 Å². The van der Waals surface area contributed by atoms with E-state index in [0.29, 0.717) is 34.1 Å². The highest BCUT2D eigenvalue weighted by Crippen LogP contribution is 2.25. The van der Waals surface area contributed by atoms with Crippen molar-refractivity contribution in [2.45, 2.75) is 10.9 Å².